The van der Waals surface area contributed by atoms with Crippen molar-refractivity contribution in [3.63, 3.8) is 0 Å². The first kappa shape index (κ1) is 13.0. The van der Waals surface area contributed by atoms with Crippen molar-refractivity contribution in [3.8, 4) is 0 Å². The zero-order valence-electron chi connectivity index (χ0n) is 10.4. The highest BCUT2D eigenvalue weighted by Gasteiger charge is 2.17. The fourth-order valence-electron chi connectivity index (χ4n) is 1.55. The van der Waals surface area contributed by atoms with Crippen LogP contribution < -0.4 is 5.73 Å². The number of aryl methyl sites for hydroxylation is 1. The molecule has 0 atom stereocenters. The van der Waals surface area contributed by atoms with Crippen molar-refractivity contribution >= 4 is 22.9 Å². The van der Waals surface area contributed by atoms with Gasteiger partial charge in [-0.2, -0.15) is 0 Å². The molecule has 0 saturated carbocycles. The van der Waals surface area contributed by atoms with Gasteiger partial charge in [-0.05, 0) is 25.8 Å². The molecule has 1 rings (SSSR count). The number of anilines is 1. The molecule has 1 aromatic rings. The van der Waals surface area contributed by atoms with Crippen LogP contribution in [-0.4, -0.2) is 23.9 Å². The zero-order chi connectivity index (χ0) is 12.3. The van der Waals surface area contributed by atoms with Crippen LogP contribution >= 0.6 is 11.3 Å². The summed E-state index contributed by atoms with van der Waals surface area (Å²) in [6.07, 6.45) is 0. The summed E-state index contributed by atoms with van der Waals surface area (Å²) >= 11 is 1.48. The van der Waals surface area contributed by atoms with Gasteiger partial charge < -0.3 is 10.6 Å². The van der Waals surface area contributed by atoms with Gasteiger partial charge in [0, 0.05) is 23.7 Å². The molecule has 0 aromatic carbocycles. The highest BCUT2D eigenvalue weighted by atomic mass is 32.1. The maximum absolute atomic E-state index is 12.2. The number of rotatable bonds is 4. The van der Waals surface area contributed by atoms with Crippen LogP contribution in [0.1, 0.15) is 35.3 Å². The predicted molar refractivity (Wildman–Crippen MR) is 69.9 cm³/mol. The number of amides is 1. The molecule has 0 aliphatic heterocycles. The molecule has 16 heavy (non-hydrogen) atoms. The van der Waals surface area contributed by atoms with E-state index in [4.69, 9.17) is 5.73 Å². The van der Waals surface area contributed by atoms with Crippen molar-refractivity contribution in [1.82, 2.24) is 4.90 Å². The van der Waals surface area contributed by atoms with Gasteiger partial charge in [-0.1, -0.05) is 13.8 Å². The number of carbonyl (C=O) groups excluding carboxylic acids is 1. The van der Waals surface area contributed by atoms with Gasteiger partial charge in [0.1, 0.15) is 0 Å². The average Bonchev–Trinajstić information content (AvgIpc) is 2.54. The van der Waals surface area contributed by atoms with Gasteiger partial charge in [-0.3, -0.25) is 4.79 Å². The lowest BCUT2D eigenvalue weighted by Gasteiger charge is -2.22. The van der Waals surface area contributed by atoms with E-state index in [-0.39, 0.29) is 5.91 Å². The Morgan fingerprint density at radius 1 is 1.56 bits per heavy atom. The molecular weight excluding hydrogens is 220 g/mol. The fourth-order valence-corrected chi connectivity index (χ4v) is 2.46. The smallest absolute Gasteiger partial charge is 0.264 e. The van der Waals surface area contributed by atoms with E-state index in [1.165, 1.54) is 11.3 Å². The molecular formula is C12H20N2OS. The van der Waals surface area contributed by atoms with Crippen molar-refractivity contribution in [3.05, 3.63) is 15.8 Å². The molecule has 0 fully saturated rings. The highest BCUT2D eigenvalue weighted by molar-refractivity contribution is 7.14. The SMILES string of the molecule is CCN(CC(C)C)C(=O)c1cc(N)c(C)s1. The van der Waals surface area contributed by atoms with Gasteiger partial charge in [0.05, 0.1) is 4.88 Å². The first-order chi connectivity index (χ1) is 7.45. The van der Waals surface area contributed by atoms with E-state index in [0.29, 0.717) is 11.6 Å². The first-order valence-electron chi connectivity index (χ1n) is 5.60. The monoisotopic (exact) mass is 240 g/mol. The van der Waals surface area contributed by atoms with Gasteiger partial charge in [0.2, 0.25) is 0 Å². The third-order valence-electron chi connectivity index (χ3n) is 2.42. The quantitative estimate of drug-likeness (QED) is 0.879. The molecule has 0 unspecified atom stereocenters. The summed E-state index contributed by atoms with van der Waals surface area (Å²) in [5.41, 5.74) is 6.48. The van der Waals surface area contributed by atoms with Crippen molar-refractivity contribution in [2.75, 3.05) is 18.8 Å². The van der Waals surface area contributed by atoms with Crippen molar-refractivity contribution < 1.29 is 4.79 Å². The molecule has 0 spiro atoms. The van der Waals surface area contributed by atoms with Crippen molar-refractivity contribution in [1.29, 1.82) is 0 Å². The van der Waals surface area contributed by atoms with Crippen LogP contribution in [0.25, 0.3) is 0 Å². The zero-order valence-corrected chi connectivity index (χ0v) is 11.2. The topological polar surface area (TPSA) is 46.3 Å². The first-order valence-corrected chi connectivity index (χ1v) is 6.42. The normalized spacial score (nSPS) is 10.8. The van der Waals surface area contributed by atoms with Crippen LogP contribution in [0.2, 0.25) is 0 Å². The van der Waals surface area contributed by atoms with Gasteiger partial charge >= 0.3 is 0 Å². The Labute approximate surface area is 101 Å². The third kappa shape index (κ3) is 2.98. The van der Waals surface area contributed by atoms with Crippen LogP contribution in [0, 0.1) is 12.8 Å². The van der Waals surface area contributed by atoms with E-state index in [1.807, 2.05) is 18.7 Å². The lowest BCUT2D eigenvalue weighted by molar-refractivity contribution is 0.0750. The van der Waals surface area contributed by atoms with Gasteiger partial charge in [-0.25, -0.2) is 0 Å². The minimum atomic E-state index is 0.0981. The molecule has 4 heteroatoms. The number of hydrogen-bond donors (Lipinski definition) is 1. The number of hydrogen-bond acceptors (Lipinski definition) is 3. The number of carbonyl (C=O) groups is 1. The summed E-state index contributed by atoms with van der Waals surface area (Å²) in [5.74, 6) is 0.586. The van der Waals surface area contributed by atoms with Crippen LogP contribution in [0.5, 0.6) is 0 Å². The van der Waals surface area contributed by atoms with E-state index >= 15 is 0 Å². The van der Waals surface area contributed by atoms with Crippen molar-refractivity contribution in [2.45, 2.75) is 27.7 Å². The highest BCUT2D eigenvalue weighted by Crippen LogP contribution is 2.24. The second kappa shape index (κ2) is 5.34. The van der Waals surface area contributed by atoms with Gasteiger partial charge in [0.25, 0.3) is 5.91 Å². The van der Waals surface area contributed by atoms with E-state index in [0.717, 1.165) is 22.8 Å². The average molecular weight is 240 g/mol. The second-order valence-electron chi connectivity index (χ2n) is 4.36. The second-order valence-corrected chi connectivity index (χ2v) is 5.62. The Balaban J connectivity index is 2.82. The predicted octanol–water partition coefficient (Wildman–Crippen LogP) is 2.76. The Hall–Kier alpha value is -1.03. The number of nitrogen functional groups attached to an aromatic ring is 1. The Morgan fingerprint density at radius 3 is 2.56 bits per heavy atom. The lowest BCUT2D eigenvalue weighted by Crippen LogP contribution is -2.33. The van der Waals surface area contributed by atoms with Crippen LogP contribution in [0.3, 0.4) is 0 Å². The minimum absolute atomic E-state index is 0.0981. The molecule has 0 aliphatic rings. The molecule has 1 heterocycles. The van der Waals surface area contributed by atoms with Crippen LogP contribution in [-0.2, 0) is 0 Å². The molecule has 3 nitrogen and oxygen atoms in total. The standard InChI is InChI=1S/C12H20N2OS/c1-5-14(7-8(2)3)12(15)11-6-10(13)9(4)16-11/h6,8H,5,7,13H2,1-4H3. The number of thiophene rings is 1. The molecule has 0 bridgehead atoms. The summed E-state index contributed by atoms with van der Waals surface area (Å²) in [4.78, 5) is 15.8. The molecule has 0 aliphatic carbocycles. The summed E-state index contributed by atoms with van der Waals surface area (Å²) < 4.78 is 0. The Bertz CT molecular complexity index is 352. The molecule has 0 radical (unpaired) electrons. The fraction of sp³-hybridized carbons (Fsp3) is 0.583. The van der Waals surface area contributed by atoms with E-state index in [1.54, 1.807) is 6.07 Å². The molecule has 0 saturated heterocycles. The molecule has 1 aromatic heterocycles. The molecule has 1 amide bonds. The van der Waals surface area contributed by atoms with Crippen molar-refractivity contribution in [2.24, 2.45) is 5.92 Å². The van der Waals surface area contributed by atoms with Gasteiger partial charge in [-0.15, -0.1) is 11.3 Å². The molecule has 90 valence electrons. The summed E-state index contributed by atoms with van der Waals surface area (Å²) in [5, 5.41) is 0. The van der Waals surface area contributed by atoms with Crippen LogP contribution in [0.4, 0.5) is 5.69 Å². The maximum atomic E-state index is 12.2. The summed E-state index contributed by atoms with van der Waals surface area (Å²) in [7, 11) is 0. The third-order valence-corrected chi connectivity index (χ3v) is 3.48. The number of nitrogens with two attached hydrogens (primary N) is 1. The van der Waals surface area contributed by atoms with Crippen LogP contribution in [0.15, 0.2) is 6.07 Å². The summed E-state index contributed by atoms with van der Waals surface area (Å²) in [6, 6.07) is 1.78. The van der Waals surface area contributed by atoms with E-state index in [2.05, 4.69) is 13.8 Å². The minimum Gasteiger partial charge on any atom is -0.398 e. The van der Waals surface area contributed by atoms with E-state index in [9.17, 15) is 4.79 Å². The Morgan fingerprint density at radius 2 is 2.19 bits per heavy atom. The Kier molecular flexibility index (Phi) is 4.35. The van der Waals surface area contributed by atoms with Gasteiger partial charge in [0.15, 0.2) is 0 Å². The largest absolute Gasteiger partial charge is 0.398 e. The lowest BCUT2D eigenvalue weighted by atomic mass is 10.2. The molecule has 2 N–H and O–H groups in total. The maximum Gasteiger partial charge on any atom is 0.264 e. The number of nitrogens with zero attached hydrogens (tertiary/aromatic N) is 1. The van der Waals surface area contributed by atoms with E-state index < -0.39 is 0 Å². The summed E-state index contributed by atoms with van der Waals surface area (Å²) in [6.45, 7) is 9.72.